The van der Waals surface area contributed by atoms with Crippen LogP contribution in [0.15, 0.2) is 26.4 Å². The number of ether oxygens (including phenoxy) is 2. The van der Waals surface area contributed by atoms with Crippen molar-refractivity contribution in [1.29, 1.82) is 0 Å². The molecule has 8 nitrogen and oxygen atoms in total. The lowest BCUT2D eigenvalue weighted by Gasteiger charge is -2.01. The van der Waals surface area contributed by atoms with Crippen LogP contribution < -0.4 is 5.82 Å². The Balaban J connectivity index is 2.16. The van der Waals surface area contributed by atoms with Crippen molar-refractivity contribution >= 4 is 12.1 Å². The third-order valence-electron chi connectivity index (χ3n) is 1.53. The molecule has 0 spiro atoms. The molecule has 0 bridgehead atoms. The van der Waals surface area contributed by atoms with Gasteiger partial charge in [-0.15, -0.1) is 0 Å². The van der Waals surface area contributed by atoms with Crippen LogP contribution in [0.5, 0.6) is 0 Å². The topological polar surface area (TPSA) is 109 Å². The number of nitrogens with zero attached hydrogens (tertiary/aromatic N) is 1. The summed E-state index contributed by atoms with van der Waals surface area (Å²) >= 11 is 0. The molecular formula is C9H9NO7. The van der Waals surface area contributed by atoms with E-state index in [9.17, 15) is 14.4 Å². The predicted molar refractivity (Wildman–Crippen MR) is 51.0 cm³/mol. The molecule has 0 aromatic carbocycles. The molecule has 0 saturated heterocycles. The molecule has 1 rings (SSSR count). The van der Waals surface area contributed by atoms with Crippen molar-refractivity contribution < 1.29 is 28.0 Å². The van der Waals surface area contributed by atoms with E-state index in [0.717, 1.165) is 6.08 Å². The Bertz CT molecular complexity index is 458. The fraction of sp³-hybridized carbons (Fsp3) is 0.333. The van der Waals surface area contributed by atoms with Crippen LogP contribution in [0.3, 0.4) is 0 Å². The minimum atomic E-state index is -1.11. The largest absolute Gasteiger partial charge is 0.542 e. The molecule has 0 radical (unpaired) electrons. The Labute approximate surface area is 94.8 Å². The number of carbonyl (C=O) groups excluding carboxylic acids is 2. The molecule has 8 heteroatoms. The van der Waals surface area contributed by atoms with Crippen molar-refractivity contribution in [2.75, 3.05) is 6.61 Å². The molecule has 1 aromatic heterocycles. The van der Waals surface area contributed by atoms with Crippen LogP contribution in [-0.4, -0.2) is 23.9 Å². The summed E-state index contributed by atoms with van der Waals surface area (Å²) in [5.74, 6) is -1.68. The molecule has 0 aliphatic carbocycles. The van der Waals surface area contributed by atoms with Gasteiger partial charge < -0.3 is 13.9 Å². The van der Waals surface area contributed by atoms with Gasteiger partial charge in [-0.2, -0.15) is 0 Å². The second-order valence-corrected chi connectivity index (χ2v) is 2.76. The number of rotatable bonds is 5. The lowest BCUT2D eigenvalue weighted by atomic mass is 10.3. The smallest absolute Gasteiger partial charge is 0.434 e. The number of hydrogen-bond donors (Lipinski definition) is 0. The van der Waals surface area contributed by atoms with Crippen molar-refractivity contribution in [3.63, 3.8) is 0 Å². The molecule has 0 amide bonds. The maximum atomic E-state index is 10.8. The van der Waals surface area contributed by atoms with Crippen molar-refractivity contribution in [3.8, 4) is 0 Å². The van der Waals surface area contributed by atoms with E-state index in [-0.39, 0.29) is 18.9 Å². The van der Waals surface area contributed by atoms with Gasteiger partial charge in [0.05, 0.1) is 6.61 Å². The second-order valence-electron chi connectivity index (χ2n) is 2.76. The Kier molecular flexibility index (Phi) is 4.67. The van der Waals surface area contributed by atoms with Crippen molar-refractivity contribution in [2.45, 2.75) is 12.8 Å². The fourth-order valence-electron chi connectivity index (χ4n) is 0.850. The molecule has 0 saturated carbocycles. The van der Waals surface area contributed by atoms with E-state index >= 15 is 0 Å². The maximum absolute atomic E-state index is 10.8. The highest BCUT2D eigenvalue weighted by atomic mass is 16.7. The predicted octanol–water partition coefficient (Wildman–Crippen LogP) is 0.426. The average molecular weight is 243 g/mol. The molecule has 0 atom stereocenters. The van der Waals surface area contributed by atoms with Crippen LogP contribution in [0.25, 0.3) is 0 Å². The molecule has 17 heavy (non-hydrogen) atoms. The molecular weight excluding hydrogens is 234 g/mol. The first-order valence-corrected chi connectivity index (χ1v) is 4.58. The third kappa shape index (κ3) is 4.78. The summed E-state index contributed by atoms with van der Waals surface area (Å²) in [7, 11) is 0. The maximum Gasteiger partial charge on any atom is 0.542 e. The minimum Gasteiger partial charge on any atom is -0.434 e. The van der Waals surface area contributed by atoms with Gasteiger partial charge in [-0.1, -0.05) is 6.58 Å². The number of aryl methyl sites for hydroxylation is 1. The number of esters is 1. The van der Waals surface area contributed by atoms with Gasteiger partial charge in [0.2, 0.25) is 5.89 Å². The number of aromatic nitrogens is 1. The Morgan fingerprint density at radius 1 is 1.47 bits per heavy atom. The zero-order valence-electron chi connectivity index (χ0n) is 8.71. The van der Waals surface area contributed by atoms with Gasteiger partial charge in [-0.05, 0) is 11.6 Å². The summed E-state index contributed by atoms with van der Waals surface area (Å²) in [5.41, 5.74) is 0. The van der Waals surface area contributed by atoms with Crippen LogP contribution in [-0.2, 0) is 20.7 Å². The molecule has 0 N–H and O–H groups in total. The Hall–Kier alpha value is -2.38. The van der Waals surface area contributed by atoms with E-state index in [2.05, 4.69) is 30.1 Å². The highest BCUT2D eigenvalue weighted by molar-refractivity contribution is 5.89. The van der Waals surface area contributed by atoms with Gasteiger partial charge >= 0.3 is 17.9 Å². The van der Waals surface area contributed by atoms with E-state index in [1.54, 1.807) is 0 Å². The highest BCUT2D eigenvalue weighted by Gasteiger charge is 2.09. The van der Waals surface area contributed by atoms with Crippen LogP contribution in [0.1, 0.15) is 12.3 Å². The summed E-state index contributed by atoms with van der Waals surface area (Å²) in [5, 5.41) is 3.30. The average Bonchev–Trinajstić information content (AvgIpc) is 2.70. The number of carbonyl (C=O) groups is 2. The molecule has 0 unspecified atom stereocenters. The molecule has 92 valence electrons. The monoisotopic (exact) mass is 243 g/mol. The standard InChI is InChI=1S/C9H9NO7/c1-2-7(11)16-8(12)14-5-3-4-6-10-17-9(13)15-6/h2H,1,3-5H2. The summed E-state index contributed by atoms with van der Waals surface area (Å²) in [6, 6.07) is 0. The summed E-state index contributed by atoms with van der Waals surface area (Å²) < 4.78 is 17.3. The normalized spacial score (nSPS) is 9.65. The zero-order chi connectivity index (χ0) is 12.7. The summed E-state index contributed by atoms with van der Waals surface area (Å²) in [6.45, 7) is 3.10. The molecule has 0 aliphatic heterocycles. The first-order valence-electron chi connectivity index (χ1n) is 4.58. The quantitative estimate of drug-likeness (QED) is 0.317. The lowest BCUT2D eigenvalue weighted by molar-refractivity contribution is -0.134. The van der Waals surface area contributed by atoms with Gasteiger partial charge in [-0.3, -0.25) is 4.52 Å². The SMILES string of the molecule is C=CC(=O)OC(=O)OCCCc1noc(=O)o1. The molecule has 0 aliphatic rings. The number of hydrogen-bond acceptors (Lipinski definition) is 8. The van der Waals surface area contributed by atoms with Crippen LogP contribution in [0, 0.1) is 0 Å². The van der Waals surface area contributed by atoms with Crippen molar-refractivity contribution in [1.82, 2.24) is 5.16 Å². The Morgan fingerprint density at radius 2 is 2.24 bits per heavy atom. The fourth-order valence-corrected chi connectivity index (χ4v) is 0.850. The minimum absolute atomic E-state index is 0.0141. The van der Waals surface area contributed by atoms with Gasteiger partial charge in [-0.25, -0.2) is 14.4 Å². The third-order valence-corrected chi connectivity index (χ3v) is 1.53. The molecule has 0 fully saturated rings. The van der Waals surface area contributed by atoms with E-state index in [0.29, 0.717) is 6.42 Å². The van der Waals surface area contributed by atoms with Crippen molar-refractivity contribution in [2.24, 2.45) is 0 Å². The van der Waals surface area contributed by atoms with E-state index in [1.807, 2.05) is 0 Å². The second kappa shape index (κ2) is 6.26. The van der Waals surface area contributed by atoms with E-state index in [1.165, 1.54) is 0 Å². The van der Waals surface area contributed by atoms with Crippen molar-refractivity contribution in [3.05, 3.63) is 29.2 Å². The molecule has 1 aromatic rings. The van der Waals surface area contributed by atoms with Gasteiger partial charge in [0.25, 0.3) is 0 Å². The summed E-state index contributed by atoms with van der Waals surface area (Å²) in [4.78, 5) is 31.8. The summed E-state index contributed by atoms with van der Waals surface area (Å²) in [6.07, 6.45) is 0.323. The lowest BCUT2D eigenvalue weighted by Crippen LogP contribution is -2.12. The van der Waals surface area contributed by atoms with Crippen LogP contribution in [0.2, 0.25) is 0 Å². The van der Waals surface area contributed by atoms with Crippen LogP contribution in [0.4, 0.5) is 4.79 Å². The van der Waals surface area contributed by atoms with E-state index < -0.39 is 17.9 Å². The highest BCUT2D eigenvalue weighted by Crippen LogP contribution is 1.97. The first-order chi connectivity index (χ1) is 8.11. The van der Waals surface area contributed by atoms with Gasteiger partial charge in [0, 0.05) is 12.5 Å². The molecule has 1 heterocycles. The first kappa shape index (κ1) is 12.7. The zero-order valence-corrected chi connectivity index (χ0v) is 8.71. The van der Waals surface area contributed by atoms with Crippen LogP contribution >= 0.6 is 0 Å². The van der Waals surface area contributed by atoms with E-state index in [4.69, 9.17) is 0 Å². The van der Waals surface area contributed by atoms with Gasteiger partial charge in [0.15, 0.2) is 0 Å². The van der Waals surface area contributed by atoms with Gasteiger partial charge in [0.1, 0.15) is 0 Å². The Morgan fingerprint density at radius 3 is 2.82 bits per heavy atom.